The predicted octanol–water partition coefficient (Wildman–Crippen LogP) is 3.83. The zero-order chi connectivity index (χ0) is 22.5. The lowest BCUT2D eigenvalue weighted by Gasteiger charge is -2.19. The minimum atomic E-state index is -1.95. The predicted molar refractivity (Wildman–Crippen MR) is 128 cm³/mol. The van der Waals surface area contributed by atoms with Crippen molar-refractivity contribution in [3.05, 3.63) is 66.0 Å². The van der Waals surface area contributed by atoms with Crippen molar-refractivity contribution >= 4 is 45.3 Å². The number of hydrogen-bond acceptors (Lipinski definition) is 6. The van der Waals surface area contributed by atoms with Gasteiger partial charge in [-0.15, -0.1) is 0 Å². The van der Waals surface area contributed by atoms with Crippen LogP contribution in [0.4, 0.5) is 23.1 Å². The van der Waals surface area contributed by atoms with Crippen LogP contribution in [0.15, 0.2) is 54.7 Å². The lowest BCUT2D eigenvalue weighted by atomic mass is 10.1. The summed E-state index contributed by atoms with van der Waals surface area (Å²) in [5.41, 5.74) is 4.99. The van der Waals surface area contributed by atoms with Crippen LogP contribution in [0.1, 0.15) is 17.7 Å². The molecule has 0 aliphatic carbocycles. The Labute approximate surface area is 188 Å². The maximum absolute atomic E-state index is 10.6. The topological polar surface area (TPSA) is 119 Å². The van der Waals surface area contributed by atoms with Gasteiger partial charge in [0.15, 0.2) is 0 Å². The number of aromatic amines is 1. The van der Waals surface area contributed by atoms with Crippen LogP contribution in [-0.2, 0) is 17.7 Å². The van der Waals surface area contributed by atoms with E-state index >= 15 is 0 Å². The van der Waals surface area contributed by atoms with Gasteiger partial charge in [0, 0.05) is 42.2 Å². The van der Waals surface area contributed by atoms with E-state index < -0.39 is 11.3 Å². The van der Waals surface area contributed by atoms with E-state index in [4.69, 9.17) is 4.55 Å². The van der Waals surface area contributed by atoms with Gasteiger partial charge >= 0.3 is 0 Å². The summed E-state index contributed by atoms with van der Waals surface area (Å²) in [7, 11) is 1.96. The molecule has 0 saturated carbocycles. The van der Waals surface area contributed by atoms with Crippen molar-refractivity contribution in [3.8, 4) is 0 Å². The largest absolute Gasteiger partial charge is 0.329 e. The molecular formula is C22H25N7O2S. The standard InChI is InChI=1S/C22H25N7O2S/c1-15-19-10-9-18(14-20(19)28-27-15)29(2)21-11-13-23-22(26-21)25-17-7-5-16(6-8-17)4-3-12-24-32(30)31/h5-11,13-14,24H,3-4,12H2,1-2H3,(H,27,28)(H,30,31)(H,23,25,26). The van der Waals surface area contributed by atoms with Gasteiger partial charge in [0.1, 0.15) is 5.82 Å². The Morgan fingerprint density at radius 1 is 1.16 bits per heavy atom. The molecule has 0 aliphatic rings. The molecule has 10 heteroatoms. The van der Waals surface area contributed by atoms with Gasteiger partial charge in [-0.3, -0.25) is 9.65 Å². The molecule has 1 atom stereocenters. The first-order chi connectivity index (χ1) is 15.5. The van der Waals surface area contributed by atoms with Crippen LogP contribution in [0.25, 0.3) is 10.9 Å². The fourth-order valence-corrected chi connectivity index (χ4v) is 3.73. The molecule has 9 nitrogen and oxygen atoms in total. The second kappa shape index (κ2) is 9.86. The van der Waals surface area contributed by atoms with Gasteiger partial charge in [-0.1, -0.05) is 12.1 Å². The van der Waals surface area contributed by atoms with E-state index in [1.807, 2.05) is 61.3 Å². The molecule has 0 radical (unpaired) electrons. The van der Waals surface area contributed by atoms with Crippen LogP contribution >= 0.6 is 0 Å². The Kier molecular flexibility index (Phi) is 6.74. The molecule has 2 aromatic carbocycles. The molecule has 166 valence electrons. The Morgan fingerprint density at radius 2 is 1.97 bits per heavy atom. The van der Waals surface area contributed by atoms with Crippen LogP contribution in [0.3, 0.4) is 0 Å². The second-order valence-electron chi connectivity index (χ2n) is 7.42. The van der Waals surface area contributed by atoms with Gasteiger partial charge in [-0.25, -0.2) is 13.9 Å². The van der Waals surface area contributed by atoms with Crippen molar-refractivity contribution in [1.29, 1.82) is 0 Å². The van der Waals surface area contributed by atoms with Crippen LogP contribution in [0.5, 0.6) is 0 Å². The van der Waals surface area contributed by atoms with Crippen LogP contribution in [0, 0.1) is 6.92 Å². The number of nitrogens with one attached hydrogen (secondary N) is 3. The van der Waals surface area contributed by atoms with Gasteiger partial charge in [0.2, 0.25) is 17.2 Å². The van der Waals surface area contributed by atoms with E-state index in [9.17, 15) is 4.21 Å². The first-order valence-electron chi connectivity index (χ1n) is 10.2. The molecule has 32 heavy (non-hydrogen) atoms. The molecule has 2 aromatic heterocycles. The third-order valence-electron chi connectivity index (χ3n) is 5.18. The fraction of sp³-hybridized carbons (Fsp3) is 0.227. The number of rotatable bonds is 9. The minimum absolute atomic E-state index is 0.490. The summed E-state index contributed by atoms with van der Waals surface area (Å²) >= 11 is -1.95. The SMILES string of the molecule is Cc1[nH]nc2cc(N(C)c3ccnc(Nc4ccc(CCCNS(=O)O)cc4)n3)ccc12. The third kappa shape index (κ3) is 5.28. The average Bonchev–Trinajstić information content (AvgIpc) is 3.17. The number of aryl methyl sites for hydroxylation is 2. The summed E-state index contributed by atoms with van der Waals surface area (Å²) in [6, 6.07) is 16.0. The number of anilines is 4. The normalized spacial score (nSPS) is 12.1. The molecule has 4 aromatic rings. The maximum atomic E-state index is 10.6. The minimum Gasteiger partial charge on any atom is -0.329 e. The Bertz CT molecular complexity index is 1230. The molecule has 0 amide bonds. The molecular weight excluding hydrogens is 426 g/mol. The van der Waals surface area contributed by atoms with Crippen molar-refractivity contribution in [1.82, 2.24) is 24.9 Å². The summed E-state index contributed by atoms with van der Waals surface area (Å²) in [5, 5.41) is 11.7. The van der Waals surface area contributed by atoms with Crippen molar-refractivity contribution in [2.24, 2.45) is 0 Å². The van der Waals surface area contributed by atoms with E-state index in [1.165, 1.54) is 0 Å². The molecule has 0 saturated heterocycles. The molecule has 0 fully saturated rings. The van der Waals surface area contributed by atoms with Crippen molar-refractivity contribution in [2.45, 2.75) is 19.8 Å². The maximum Gasteiger partial charge on any atom is 0.231 e. The van der Waals surface area contributed by atoms with E-state index in [0.29, 0.717) is 12.5 Å². The number of aromatic nitrogens is 4. The van der Waals surface area contributed by atoms with Crippen LogP contribution in [-0.4, -0.2) is 42.5 Å². The van der Waals surface area contributed by atoms with E-state index in [2.05, 4.69) is 36.3 Å². The Morgan fingerprint density at radius 3 is 2.75 bits per heavy atom. The lowest BCUT2D eigenvalue weighted by Crippen LogP contribution is -2.17. The molecule has 2 heterocycles. The highest BCUT2D eigenvalue weighted by atomic mass is 32.2. The van der Waals surface area contributed by atoms with Crippen LogP contribution < -0.4 is 14.9 Å². The first-order valence-corrected chi connectivity index (χ1v) is 11.3. The van der Waals surface area contributed by atoms with Crippen molar-refractivity contribution in [2.75, 3.05) is 23.8 Å². The average molecular weight is 452 g/mol. The third-order valence-corrected chi connectivity index (χ3v) is 5.63. The molecule has 0 aliphatic heterocycles. The van der Waals surface area contributed by atoms with Crippen LogP contribution in [0.2, 0.25) is 0 Å². The summed E-state index contributed by atoms with van der Waals surface area (Å²) in [6.45, 7) is 2.50. The highest BCUT2D eigenvalue weighted by molar-refractivity contribution is 7.77. The Balaban J connectivity index is 1.41. The van der Waals surface area contributed by atoms with Gasteiger partial charge in [0.25, 0.3) is 0 Å². The number of nitrogens with zero attached hydrogens (tertiary/aromatic N) is 4. The summed E-state index contributed by atoms with van der Waals surface area (Å²) in [5.74, 6) is 1.27. The van der Waals surface area contributed by atoms with E-state index in [-0.39, 0.29) is 0 Å². The van der Waals surface area contributed by atoms with Gasteiger partial charge < -0.3 is 10.2 Å². The molecule has 4 rings (SSSR count). The number of fused-ring (bicyclic) bond motifs is 1. The van der Waals surface area contributed by atoms with Crippen molar-refractivity contribution < 1.29 is 8.76 Å². The first kappa shape index (κ1) is 21.9. The van der Waals surface area contributed by atoms with E-state index in [0.717, 1.165) is 52.2 Å². The fourth-order valence-electron chi connectivity index (χ4n) is 3.41. The van der Waals surface area contributed by atoms with Gasteiger partial charge in [-0.05, 0) is 61.7 Å². The summed E-state index contributed by atoms with van der Waals surface area (Å²) in [6.07, 6.45) is 3.33. The Hall–Kier alpha value is -3.34. The second-order valence-corrected chi connectivity index (χ2v) is 8.20. The quantitative estimate of drug-likeness (QED) is 0.225. The smallest absolute Gasteiger partial charge is 0.231 e. The molecule has 1 unspecified atom stereocenters. The number of hydrogen-bond donors (Lipinski definition) is 4. The summed E-state index contributed by atoms with van der Waals surface area (Å²) < 4.78 is 21.8. The summed E-state index contributed by atoms with van der Waals surface area (Å²) in [4.78, 5) is 11.0. The highest BCUT2D eigenvalue weighted by Gasteiger charge is 2.10. The molecule has 0 bridgehead atoms. The number of benzene rings is 2. The number of H-pyrrole nitrogens is 1. The molecule has 0 spiro atoms. The molecule has 4 N–H and O–H groups in total. The monoisotopic (exact) mass is 451 g/mol. The van der Waals surface area contributed by atoms with E-state index in [1.54, 1.807) is 6.20 Å². The zero-order valence-corrected chi connectivity index (χ0v) is 18.7. The zero-order valence-electron chi connectivity index (χ0n) is 17.9. The highest BCUT2D eigenvalue weighted by Crippen LogP contribution is 2.27. The van der Waals surface area contributed by atoms with Gasteiger partial charge in [0.05, 0.1) is 5.52 Å². The van der Waals surface area contributed by atoms with Crippen molar-refractivity contribution in [3.63, 3.8) is 0 Å². The van der Waals surface area contributed by atoms with Gasteiger partial charge in [-0.2, -0.15) is 10.1 Å². The lowest BCUT2D eigenvalue weighted by molar-refractivity contribution is 0.547.